The number of rotatable bonds is 2. The molecule has 0 radical (unpaired) electrons. The normalized spacial score (nSPS) is 21.3. The van der Waals surface area contributed by atoms with E-state index in [1.54, 1.807) is 0 Å². The number of halogens is 3. The van der Waals surface area contributed by atoms with Gasteiger partial charge in [0.1, 0.15) is 5.69 Å². The summed E-state index contributed by atoms with van der Waals surface area (Å²) >= 11 is 5.88. The Bertz CT molecular complexity index is 516. The summed E-state index contributed by atoms with van der Waals surface area (Å²) in [6.07, 6.45) is 1.32. The maximum absolute atomic E-state index is 13.3. The van der Waals surface area contributed by atoms with Crippen molar-refractivity contribution in [2.75, 3.05) is 0 Å². The Balaban J connectivity index is 2.31. The molecular weight excluding hydrogens is 286 g/mol. The van der Waals surface area contributed by atoms with Crippen LogP contribution in [-0.4, -0.2) is 23.3 Å². The number of pyridine rings is 1. The lowest BCUT2D eigenvalue weighted by Crippen LogP contribution is -2.41. The number of nitrogens with zero attached hydrogens (tertiary/aromatic N) is 1. The molecule has 1 aromatic heterocycles. The molecule has 0 spiro atoms. The van der Waals surface area contributed by atoms with Crippen LogP contribution in [-0.2, 0) is 15.2 Å². The van der Waals surface area contributed by atoms with Crippen LogP contribution in [0.5, 0.6) is 0 Å². The van der Waals surface area contributed by atoms with E-state index in [9.17, 15) is 8.78 Å². The van der Waals surface area contributed by atoms with Gasteiger partial charge in [-0.15, -0.1) is 0 Å². The lowest BCUT2D eigenvalue weighted by atomic mass is 9.80. The average molecular weight is 304 g/mol. The third-order valence-corrected chi connectivity index (χ3v) is 4.09. The van der Waals surface area contributed by atoms with Crippen LogP contribution in [0.15, 0.2) is 12.3 Å². The van der Waals surface area contributed by atoms with E-state index in [0.29, 0.717) is 5.46 Å². The highest BCUT2D eigenvalue weighted by atomic mass is 35.5. The molecule has 0 bridgehead atoms. The summed E-state index contributed by atoms with van der Waals surface area (Å²) in [6, 6.07) is 1.42. The first-order valence-corrected chi connectivity index (χ1v) is 6.71. The Morgan fingerprint density at radius 2 is 1.70 bits per heavy atom. The molecule has 2 heterocycles. The fourth-order valence-corrected chi connectivity index (χ4v) is 2.22. The van der Waals surface area contributed by atoms with Crippen molar-refractivity contribution in [2.45, 2.75) is 51.7 Å². The number of alkyl halides is 2. The Kier molecular flexibility index (Phi) is 3.64. The molecule has 7 heteroatoms. The molecule has 1 aliphatic rings. The smallest absolute Gasteiger partial charge is 0.399 e. The minimum absolute atomic E-state index is 0.0929. The Morgan fingerprint density at radius 3 is 2.10 bits per heavy atom. The minimum Gasteiger partial charge on any atom is -0.399 e. The second-order valence-corrected chi connectivity index (χ2v) is 6.48. The van der Waals surface area contributed by atoms with Crippen LogP contribution >= 0.6 is 11.6 Å². The summed E-state index contributed by atoms with van der Waals surface area (Å²) in [6.45, 7) is 8.41. The summed E-state index contributed by atoms with van der Waals surface area (Å²) in [5.74, 6) is -3.08. The molecule has 0 aliphatic carbocycles. The molecule has 0 atom stereocenters. The van der Waals surface area contributed by atoms with Crippen LogP contribution in [0.25, 0.3) is 0 Å². The van der Waals surface area contributed by atoms with Crippen molar-refractivity contribution < 1.29 is 18.1 Å². The first-order chi connectivity index (χ1) is 8.94. The van der Waals surface area contributed by atoms with Gasteiger partial charge < -0.3 is 9.31 Å². The van der Waals surface area contributed by atoms with Crippen LogP contribution < -0.4 is 5.46 Å². The molecule has 1 aromatic rings. The van der Waals surface area contributed by atoms with Gasteiger partial charge in [0.15, 0.2) is 0 Å². The van der Waals surface area contributed by atoms with Crippen molar-refractivity contribution >= 4 is 24.2 Å². The van der Waals surface area contributed by atoms with Crippen molar-refractivity contribution in [1.29, 1.82) is 0 Å². The maximum Gasteiger partial charge on any atom is 0.496 e. The van der Waals surface area contributed by atoms with Gasteiger partial charge in [0.05, 0.1) is 16.2 Å². The maximum atomic E-state index is 13.3. The van der Waals surface area contributed by atoms with Crippen molar-refractivity contribution in [2.24, 2.45) is 0 Å². The zero-order chi connectivity index (χ0) is 15.3. The van der Waals surface area contributed by atoms with Gasteiger partial charge in [-0.3, -0.25) is 4.98 Å². The van der Waals surface area contributed by atoms with Crippen LogP contribution in [0.2, 0.25) is 5.02 Å². The highest BCUT2D eigenvalue weighted by Crippen LogP contribution is 2.37. The van der Waals surface area contributed by atoms with Crippen LogP contribution in [0.3, 0.4) is 0 Å². The topological polar surface area (TPSA) is 31.4 Å². The van der Waals surface area contributed by atoms with Gasteiger partial charge in [0.2, 0.25) is 0 Å². The Hall–Kier alpha value is -0.715. The molecule has 0 aromatic carbocycles. The van der Waals surface area contributed by atoms with Gasteiger partial charge in [-0.1, -0.05) is 11.6 Å². The minimum atomic E-state index is -3.08. The first kappa shape index (κ1) is 15.7. The summed E-state index contributed by atoms with van der Waals surface area (Å²) in [5, 5.41) is -0.0929. The molecule has 0 saturated carbocycles. The summed E-state index contributed by atoms with van der Waals surface area (Å²) in [4.78, 5) is 3.75. The Labute approximate surface area is 122 Å². The molecule has 20 heavy (non-hydrogen) atoms. The van der Waals surface area contributed by atoms with Crippen LogP contribution in [0, 0.1) is 0 Å². The van der Waals surface area contributed by atoms with E-state index in [1.807, 2.05) is 27.7 Å². The molecular formula is C13H17BClF2NO2. The van der Waals surface area contributed by atoms with Crippen molar-refractivity contribution in [3.63, 3.8) is 0 Å². The summed E-state index contributed by atoms with van der Waals surface area (Å²) in [5.41, 5.74) is -0.921. The van der Waals surface area contributed by atoms with Gasteiger partial charge in [-0.2, -0.15) is 8.78 Å². The van der Waals surface area contributed by atoms with Gasteiger partial charge in [0.25, 0.3) is 5.92 Å². The average Bonchev–Trinajstić information content (AvgIpc) is 2.46. The fraction of sp³-hybridized carbons (Fsp3) is 0.615. The molecule has 3 nitrogen and oxygen atoms in total. The quantitative estimate of drug-likeness (QED) is 0.787. The fourth-order valence-electron chi connectivity index (χ4n) is 1.88. The van der Waals surface area contributed by atoms with Gasteiger partial charge >= 0.3 is 7.12 Å². The van der Waals surface area contributed by atoms with Gasteiger partial charge in [0, 0.05) is 18.6 Å². The van der Waals surface area contributed by atoms with Crippen LogP contribution in [0.1, 0.15) is 40.3 Å². The predicted molar refractivity (Wildman–Crippen MR) is 74.5 cm³/mol. The number of aromatic nitrogens is 1. The van der Waals surface area contributed by atoms with E-state index >= 15 is 0 Å². The summed E-state index contributed by atoms with van der Waals surface area (Å²) < 4.78 is 38.2. The largest absolute Gasteiger partial charge is 0.496 e. The van der Waals surface area contributed by atoms with Crippen molar-refractivity contribution in [1.82, 2.24) is 4.98 Å². The van der Waals surface area contributed by atoms with Crippen molar-refractivity contribution in [3.8, 4) is 0 Å². The highest BCUT2D eigenvalue weighted by Gasteiger charge is 2.52. The monoisotopic (exact) mass is 303 g/mol. The lowest BCUT2D eigenvalue weighted by molar-refractivity contribution is 0.00578. The molecule has 0 N–H and O–H groups in total. The molecule has 2 rings (SSSR count). The van der Waals surface area contributed by atoms with Crippen molar-refractivity contribution in [3.05, 3.63) is 23.0 Å². The van der Waals surface area contributed by atoms with E-state index in [-0.39, 0.29) is 5.02 Å². The number of hydrogen-bond donors (Lipinski definition) is 0. The van der Waals surface area contributed by atoms with E-state index in [1.165, 1.54) is 12.3 Å². The first-order valence-electron chi connectivity index (χ1n) is 6.33. The SMILES string of the molecule is CC(F)(F)c1ncc(B2OC(C)(C)C(C)(C)O2)cc1Cl. The van der Waals surface area contributed by atoms with E-state index in [0.717, 1.165) is 6.92 Å². The predicted octanol–water partition coefficient (Wildman–Crippen LogP) is 3.15. The van der Waals surface area contributed by atoms with E-state index in [2.05, 4.69) is 4.98 Å². The Morgan fingerprint density at radius 1 is 1.20 bits per heavy atom. The molecule has 1 fully saturated rings. The second-order valence-electron chi connectivity index (χ2n) is 6.08. The zero-order valence-corrected chi connectivity index (χ0v) is 12.9. The third-order valence-electron chi connectivity index (χ3n) is 3.80. The molecule has 1 aliphatic heterocycles. The van der Waals surface area contributed by atoms with Gasteiger partial charge in [-0.25, -0.2) is 0 Å². The third kappa shape index (κ3) is 2.69. The summed E-state index contributed by atoms with van der Waals surface area (Å²) in [7, 11) is -0.662. The zero-order valence-electron chi connectivity index (χ0n) is 12.1. The lowest BCUT2D eigenvalue weighted by Gasteiger charge is -2.32. The van der Waals surface area contributed by atoms with E-state index in [4.69, 9.17) is 20.9 Å². The molecule has 0 amide bonds. The van der Waals surface area contributed by atoms with Gasteiger partial charge in [-0.05, 0) is 33.8 Å². The van der Waals surface area contributed by atoms with Crippen LogP contribution in [0.4, 0.5) is 8.78 Å². The standard InChI is InChI=1S/C13H17BClF2NO2/c1-11(2)12(3,4)20-14(19-11)8-6-9(15)10(18-7-8)13(5,16)17/h6-7H,1-5H3. The van der Waals surface area contributed by atoms with E-state index < -0.39 is 29.9 Å². The highest BCUT2D eigenvalue weighted by molar-refractivity contribution is 6.62. The molecule has 110 valence electrons. The number of hydrogen-bond acceptors (Lipinski definition) is 3. The molecule has 1 saturated heterocycles. The second kappa shape index (κ2) is 4.65. The molecule has 0 unspecified atom stereocenters.